The first-order valence-corrected chi connectivity index (χ1v) is 13.6. The number of allylic oxidation sites excluding steroid dienone is 7. The lowest BCUT2D eigenvalue weighted by Crippen LogP contribution is -2.34. The normalized spacial score (nSPS) is 19.6. The third kappa shape index (κ3) is 10.9. The van der Waals surface area contributed by atoms with E-state index in [0.717, 1.165) is 57.5 Å². The summed E-state index contributed by atoms with van der Waals surface area (Å²) in [6, 6.07) is 8.37. The number of rotatable bonds is 10. The van der Waals surface area contributed by atoms with Gasteiger partial charge < -0.3 is 10.2 Å². The van der Waals surface area contributed by atoms with E-state index in [4.69, 9.17) is 4.99 Å². The van der Waals surface area contributed by atoms with Gasteiger partial charge in [0.1, 0.15) is 0 Å². The van der Waals surface area contributed by atoms with E-state index in [2.05, 4.69) is 80.8 Å². The van der Waals surface area contributed by atoms with E-state index in [1.54, 1.807) is 7.05 Å². The Labute approximate surface area is 227 Å². The van der Waals surface area contributed by atoms with E-state index in [1.807, 2.05) is 51.2 Å². The van der Waals surface area contributed by atoms with Crippen molar-refractivity contribution < 1.29 is 0 Å². The molecule has 0 amide bonds. The van der Waals surface area contributed by atoms with E-state index >= 15 is 0 Å². The number of piperidine rings is 1. The molecule has 0 radical (unpaired) electrons. The van der Waals surface area contributed by atoms with E-state index in [-0.39, 0.29) is 0 Å². The third-order valence-electron chi connectivity index (χ3n) is 6.65. The lowest BCUT2D eigenvalue weighted by molar-refractivity contribution is 0.266. The molecule has 2 atom stereocenters. The van der Waals surface area contributed by atoms with Crippen molar-refractivity contribution >= 4 is 17.5 Å². The lowest BCUT2D eigenvalue weighted by atomic mass is 9.86. The highest BCUT2D eigenvalue weighted by molar-refractivity contribution is 6.00. The Bertz CT molecular complexity index is 1020. The minimum Gasteiger partial charge on any atom is -0.383 e. The number of benzene rings is 1. The van der Waals surface area contributed by atoms with E-state index < -0.39 is 0 Å². The highest BCUT2D eigenvalue weighted by atomic mass is 15.0. The predicted molar refractivity (Wildman–Crippen MR) is 167 cm³/mol. The van der Waals surface area contributed by atoms with Crippen molar-refractivity contribution in [1.82, 2.24) is 10.2 Å². The molecule has 1 heterocycles. The molecule has 1 aromatic rings. The van der Waals surface area contributed by atoms with Crippen LogP contribution in [0, 0.1) is 11.8 Å². The van der Waals surface area contributed by atoms with Crippen LogP contribution < -0.4 is 5.32 Å². The summed E-state index contributed by atoms with van der Waals surface area (Å²) in [5, 5.41) is 3.40. The van der Waals surface area contributed by atoms with Gasteiger partial charge in [0, 0.05) is 50.5 Å². The predicted octanol–water partition coefficient (Wildman–Crippen LogP) is 7.72. The molecule has 0 aromatic heterocycles. The molecular formula is C33H50N4. The first kappa shape index (κ1) is 32.0. The van der Waals surface area contributed by atoms with Crippen LogP contribution in [-0.4, -0.2) is 51.1 Å². The van der Waals surface area contributed by atoms with Crippen LogP contribution in [0.15, 0.2) is 88.7 Å². The molecule has 0 aliphatic carbocycles. The summed E-state index contributed by atoms with van der Waals surface area (Å²) in [5.74, 6) is 1.90. The molecule has 1 fully saturated rings. The fraction of sp³-hybridized carbons (Fsp3) is 0.455. The molecule has 2 rings (SSSR count). The number of aliphatic imine (C=N–C) groups is 2. The zero-order valence-electron chi connectivity index (χ0n) is 24.6. The molecule has 0 spiro atoms. The quantitative estimate of drug-likeness (QED) is 0.263. The standard InChI is InChI=1S/C25H33N3.C8H17N/c1-9-13-24(17-26-6)25(11-3)20(5)27-19(4)22-14-12-15-23(16-22)21(10-2)18-28(7)8;1-3-8-4-5-9-6-7(8)2/h10-18H,2-3,9H2,1,4-8H3;7-9H,3-6H2,1-2H3/b21-18+,24-13+,25-20+,26-17?,27-19?;. The molecule has 2 unspecified atom stereocenters. The zero-order valence-corrected chi connectivity index (χ0v) is 24.6. The second-order valence-electron chi connectivity index (χ2n) is 9.83. The summed E-state index contributed by atoms with van der Waals surface area (Å²) >= 11 is 0. The molecule has 1 aliphatic rings. The molecule has 1 aromatic carbocycles. The maximum atomic E-state index is 4.86. The van der Waals surface area contributed by atoms with Gasteiger partial charge in [0.2, 0.25) is 0 Å². The Morgan fingerprint density at radius 3 is 2.35 bits per heavy atom. The van der Waals surface area contributed by atoms with Crippen molar-refractivity contribution in [2.75, 3.05) is 34.2 Å². The Hall–Kier alpha value is -2.98. The van der Waals surface area contributed by atoms with Crippen LogP contribution >= 0.6 is 0 Å². The van der Waals surface area contributed by atoms with Gasteiger partial charge >= 0.3 is 0 Å². The van der Waals surface area contributed by atoms with E-state index in [1.165, 1.54) is 25.9 Å². The average molecular weight is 503 g/mol. The number of hydrogen-bond acceptors (Lipinski definition) is 4. The van der Waals surface area contributed by atoms with Crippen molar-refractivity contribution in [3.63, 3.8) is 0 Å². The number of nitrogens with one attached hydrogen (secondary N) is 1. The number of hydrogen-bond donors (Lipinski definition) is 1. The molecule has 202 valence electrons. The Balaban J connectivity index is 0.000000635. The summed E-state index contributed by atoms with van der Waals surface area (Å²) in [6.07, 6.45) is 13.5. The van der Waals surface area contributed by atoms with Crippen molar-refractivity contribution in [3.8, 4) is 0 Å². The summed E-state index contributed by atoms with van der Waals surface area (Å²) in [5.41, 5.74) is 7.20. The van der Waals surface area contributed by atoms with Crippen LogP contribution in [0.5, 0.6) is 0 Å². The molecular weight excluding hydrogens is 452 g/mol. The Morgan fingerprint density at radius 1 is 1.14 bits per heavy atom. The molecule has 1 N–H and O–H groups in total. The first-order chi connectivity index (χ1) is 17.7. The molecule has 1 saturated heterocycles. The smallest absolute Gasteiger partial charge is 0.0454 e. The van der Waals surface area contributed by atoms with E-state index in [9.17, 15) is 0 Å². The Kier molecular flexibility index (Phi) is 15.1. The molecule has 4 nitrogen and oxygen atoms in total. The Morgan fingerprint density at radius 2 is 1.84 bits per heavy atom. The maximum Gasteiger partial charge on any atom is 0.0454 e. The minimum atomic E-state index is 0.906. The number of nitrogens with zero attached hydrogens (tertiary/aromatic N) is 3. The van der Waals surface area contributed by atoms with Gasteiger partial charge in [-0.05, 0) is 80.0 Å². The minimum absolute atomic E-state index is 0.906. The van der Waals surface area contributed by atoms with Gasteiger partial charge in [-0.3, -0.25) is 9.98 Å². The van der Waals surface area contributed by atoms with Gasteiger partial charge in [0.05, 0.1) is 0 Å². The molecule has 1 aliphatic heterocycles. The fourth-order valence-electron chi connectivity index (χ4n) is 4.56. The second kappa shape index (κ2) is 17.5. The summed E-state index contributed by atoms with van der Waals surface area (Å²) in [7, 11) is 5.79. The van der Waals surface area contributed by atoms with Crippen molar-refractivity contribution in [3.05, 3.63) is 89.8 Å². The maximum absolute atomic E-state index is 4.86. The molecule has 4 heteroatoms. The average Bonchev–Trinajstić information content (AvgIpc) is 2.88. The van der Waals surface area contributed by atoms with Crippen LogP contribution in [-0.2, 0) is 0 Å². The van der Waals surface area contributed by atoms with Crippen molar-refractivity contribution in [1.29, 1.82) is 0 Å². The van der Waals surface area contributed by atoms with E-state index in [0.29, 0.717) is 0 Å². The lowest BCUT2D eigenvalue weighted by Gasteiger charge is -2.28. The summed E-state index contributed by atoms with van der Waals surface area (Å²) in [6.45, 7) is 21.2. The topological polar surface area (TPSA) is 40.0 Å². The largest absolute Gasteiger partial charge is 0.383 e. The zero-order chi connectivity index (χ0) is 27.8. The molecule has 0 saturated carbocycles. The van der Waals surface area contributed by atoms with Crippen LogP contribution in [0.4, 0.5) is 0 Å². The van der Waals surface area contributed by atoms with Crippen LogP contribution in [0.2, 0.25) is 0 Å². The van der Waals surface area contributed by atoms with Gasteiger partial charge in [-0.1, -0.05) is 76.8 Å². The van der Waals surface area contributed by atoms with Gasteiger partial charge in [0.25, 0.3) is 0 Å². The summed E-state index contributed by atoms with van der Waals surface area (Å²) < 4.78 is 0. The highest BCUT2D eigenvalue weighted by Gasteiger charge is 2.18. The van der Waals surface area contributed by atoms with Gasteiger partial charge in [-0.25, -0.2) is 0 Å². The van der Waals surface area contributed by atoms with Crippen molar-refractivity contribution in [2.24, 2.45) is 21.8 Å². The third-order valence-corrected chi connectivity index (χ3v) is 6.65. The summed E-state index contributed by atoms with van der Waals surface area (Å²) in [4.78, 5) is 11.0. The first-order valence-electron chi connectivity index (χ1n) is 13.6. The second-order valence-corrected chi connectivity index (χ2v) is 9.83. The van der Waals surface area contributed by atoms with Crippen LogP contribution in [0.25, 0.3) is 5.57 Å². The molecule has 0 bridgehead atoms. The van der Waals surface area contributed by atoms with Crippen LogP contribution in [0.1, 0.15) is 65.0 Å². The van der Waals surface area contributed by atoms with Gasteiger partial charge in [0.15, 0.2) is 0 Å². The SMILES string of the molecule is C=C/C(=C\N(C)C)c1cccc(C(C)=N/C(C)=C(C=C)/C(C=NC)=C/CC)c1.CCC1CCNCC1C. The fourth-order valence-corrected chi connectivity index (χ4v) is 4.56. The monoisotopic (exact) mass is 502 g/mol. The van der Waals surface area contributed by atoms with Crippen molar-refractivity contribution in [2.45, 2.75) is 53.9 Å². The highest BCUT2D eigenvalue weighted by Crippen LogP contribution is 2.22. The van der Waals surface area contributed by atoms with Crippen LogP contribution in [0.3, 0.4) is 0 Å². The molecule has 37 heavy (non-hydrogen) atoms. The van der Waals surface area contributed by atoms with Gasteiger partial charge in [-0.15, -0.1) is 0 Å². The van der Waals surface area contributed by atoms with Gasteiger partial charge in [-0.2, -0.15) is 0 Å².